The Labute approximate surface area is 194 Å². The fraction of sp³-hybridized carbons (Fsp3) is 0.231. The number of nitrogens with zero attached hydrogens (tertiary/aromatic N) is 2. The third kappa shape index (κ3) is 4.47. The van der Waals surface area contributed by atoms with E-state index in [-0.39, 0.29) is 10.9 Å². The summed E-state index contributed by atoms with van der Waals surface area (Å²) in [5.41, 5.74) is 5.75. The number of nitrogens with two attached hydrogens (primary N) is 1. The highest BCUT2D eigenvalue weighted by molar-refractivity contribution is 7.89. The first kappa shape index (κ1) is 21.6. The highest BCUT2D eigenvalue weighted by Gasteiger charge is 2.25. The molecule has 4 aromatic rings. The number of benzene rings is 2. The molecule has 0 radical (unpaired) electrons. The SMILES string of the molecule is Cc1cc([C@@H](C)Nc2ccccc2S(N)(=O)=O)c2cc(-c3ccnc(C4CC4)c3)ncc2c1. The van der Waals surface area contributed by atoms with Gasteiger partial charge >= 0.3 is 0 Å². The maximum absolute atomic E-state index is 12.0. The highest BCUT2D eigenvalue weighted by Crippen LogP contribution is 2.40. The van der Waals surface area contributed by atoms with Crippen LogP contribution >= 0.6 is 0 Å². The summed E-state index contributed by atoms with van der Waals surface area (Å²) in [6.45, 7) is 4.07. The molecule has 1 aliphatic carbocycles. The van der Waals surface area contributed by atoms with E-state index in [4.69, 9.17) is 10.1 Å². The molecule has 1 fully saturated rings. The van der Waals surface area contributed by atoms with Crippen LogP contribution in [-0.4, -0.2) is 18.4 Å². The van der Waals surface area contributed by atoms with Gasteiger partial charge < -0.3 is 5.32 Å². The second kappa shape index (κ2) is 8.24. The van der Waals surface area contributed by atoms with E-state index in [0.29, 0.717) is 11.6 Å². The first-order valence-electron chi connectivity index (χ1n) is 11.0. The van der Waals surface area contributed by atoms with Gasteiger partial charge in [-0.1, -0.05) is 23.8 Å². The number of pyridine rings is 2. The zero-order chi connectivity index (χ0) is 23.2. The van der Waals surface area contributed by atoms with Crippen molar-refractivity contribution in [3.63, 3.8) is 0 Å². The molecule has 1 saturated carbocycles. The van der Waals surface area contributed by atoms with Gasteiger partial charge in [0, 0.05) is 41.0 Å². The molecule has 2 heterocycles. The van der Waals surface area contributed by atoms with E-state index in [9.17, 15) is 8.42 Å². The summed E-state index contributed by atoms with van der Waals surface area (Å²) in [5, 5.41) is 10.9. The van der Waals surface area contributed by atoms with E-state index in [0.717, 1.165) is 38.9 Å². The number of para-hydroxylation sites is 1. The normalized spacial score (nSPS) is 14.9. The van der Waals surface area contributed by atoms with Gasteiger partial charge in [-0.2, -0.15) is 0 Å². The lowest BCUT2D eigenvalue weighted by molar-refractivity contribution is 0.598. The van der Waals surface area contributed by atoms with Gasteiger partial charge in [-0.05, 0) is 74.0 Å². The molecule has 1 aliphatic rings. The summed E-state index contributed by atoms with van der Waals surface area (Å²) < 4.78 is 24.1. The van der Waals surface area contributed by atoms with Gasteiger partial charge in [-0.15, -0.1) is 0 Å². The molecular weight excluding hydrogens is 432 g/mol. The number of hydrogen-bond acceptors (Lipinski definition) is 5. The van der Waals surface area contributed by atoms with Crippen LogP contribution in [0.5, 0.6) is 0 Å². The third-order valence-corrected chi connectivity index (χ3v) is 7.09. The summed E-state index contributed by atoms with van der Waals surface area (Å²) in [4.78, 5) is 9.33. The standard InChI is InChI=1S/C26H26N4O2S/c1-16-11-20-15-29-25(19-9-10-28-24(13-19)18-7-8-18)14-22(20)21(12-16)17(2)30-23-5-3-4-6-26(23)33(27,31)32/h3-6,9-15,17-18,30H,7-8H2,1-2H3,(H2,27,31,32)/t17-/m1/s1. The van der Waals surface area contributed by atoms with Crippen molar-refractivity contribution in [1.29, 1.82) is 0 Å². The van der Waals surface area contributed by atoms with E-state index >= 15 is 0 Å². The number of rotatable bonds is 6. The number of anilines is 1. The third-order valence-electron chi connectivity index (χ3n) is 6.12. The predicted octanol–water partition coefficient (Wildman–Crippen LogP) is 5.30. The van der Waals surface area contributed by atoms with Crippen molar-refractivity contribution in [2.75, 3.05) is 5.32 Å². The van der Waals surface area contributed by atoms with Crippen molar-refractivity contribution in [3.8, 4) is 11.3 Å². The van der Waals surface area contributed by atoms with Crippen molar-refractivity contribution >= 4 is 26.5 Å². The van der Waals surface area contributed by atoms with Crippen molar-refractivity contribution < 1.29 is 8.42 Å². The minimum Gasteiger partial charge on any atom is -0.377 e. The van der Waals surface area contributed by atoms with Crippen LogP contribution < -0.4 is 10.5 Å². The lowest BCUT2D eigenvalue weighted by atomic mass is 9.96. The Morgan fingerprint density at radius 3 is 2.61 bits per heavy atom. The van der Waals surface area contributed by atoms with Gasteiger partial charge in [0.1, 0.15) is 4.90 Å². The molecule has 3 N–H and O–H groups in total. The fourth-order valence-electron chi connectivity index (χ4n) is 4.31. The minimum atomic E-state index is -3.84. The summed E-state index contributed by atoms with van der Waals surface area (Å²) >= 11 is 0. The zero-order valence-corrected chi connectivity index (χ0v) is 19.4. The first-order valence-corrected chi connectivity index (χ1v) is 12.6. The van der Waals surface area contributed by atoms with Gasteiger partial charge in [0.05, 0.1) is 11.4 Å². The van der Waals surface area contributed by atoms with E-state index in [1.54, 1.807) is 18.2 Å². The molecule has 2 aromatic heterocycles. The Balaban J connectivity index is 1.57. The molecule has 5 rings (SSSR count). The number of fused-ring (bicyclic) bond motifs is 1. The summed E-state index contributed by atoms with van der Waals surface area (Å²) in [6.07, 6.45) is 6.17. The van der Waals surface area contributed by atoms with Gasteiger partial charge in [0.25, 0.3) is 0 Å². The smallest absolute Gasteiger partial charge is 0.240 e. The van der Waals surface area contributed by atoms with Crippen molar-refractivity contribution in [2.45, 2.75) is 43.5 Å². The Morgan fingerprint density at radius 2 is 1.85 bits per heavy atom. The largest absolute Gasteiger partial charge is 0.377 e. The Bertz CT molecular complexity index is 1460. The maximum atomic E-state index is 12.0. The molecule has 0 amide bonds. The molecule has 1 atom stereocenters. The first-order chi connectivity index (χ1) is 15.8. The molecule has 0 unspecified atom stereocenters. The minimum absolute atomic E-state index is 0.0838. The Hall–Kier alpha value is -3.29. The van der Waals surface area contributed by atoms with Crippen molar-refractivity contribution in [3.05, 3.63) is 83.8 Å². The molecule has 7 heteroatoms. The molecule has 33 heavy (non-hydrogen) atoms. The molecule has 0 aliphatic heterocycles. The van der Waals surface area contributed by atoms with Gasteiger partial charge in [0.2, 0.25) is 10.0 Å². The fourth-order valence-corrected chi connectivity index (χ4v) is 5.01. The number of primary sulfonamides is 1. The molecule has 2 aromatic carbocycles. The number of aryl methyl sites for hydroxylation is 1. The quantitative estimate of drug-likeness (QED) is 0.408. The number of nitrogens with one attached hydrogen (secondary N) is 1. The highest BCUT2D eigenvalue weighted by atomic mass is 32.2. The zero-order valence-electron chi connectivity index (χ0n) is 18.6. The Morgan fingerprint density at radius 1 is 1.06 bits per heavy atom. The van der Waals surface area contributed by atoms with E-state index in [1.165, 1.54) is 18.9 Å². The topological polar surface area (TPSA) is 98.0 Å². The van der Waals surface area contributed by atoms with Crippen LogP contribution in [0.25, 0.3) is 22.0 Å². The average molecular weight is 459 g/mol. The molecule has 168 valence electrons. The van der Waals surface area contributed by atoms with Crippen LogP contribution in [0.15, 0.2) is 71.9 Å². The van der Waals surface area contributed by atoms with Crippen LogP contribution in [0.3, 0.4) is 0 Å². The second-order valence-electron chi connectivity index (χ2n) is 8.80. The summed E-state index contributed by atoms with van der Waals surface area (Å²) in [6, 6.07) is 17.0. The predicted molar refractivity (Wildman–Crippen MR) is 132 cm³/mol. The van der Waals surface area contributed by atoms with E-state index in [1.807, 2.05) is 32.3 Å². The summed E-state index contributed by atoms with van der Waals surface area (Å²) in [7, 11) is -3.84. The lowest BCUT2D eigenvalue weighted by Crippen LogP contribution is -2.16. The molecule has 0 spiro atoms. The van der Waals surface area contributed by atoms with Gasteiger partial charge in [-0.3, -0.25) is 9.97 Å². The average Bonchev–Trinajstić information content (AvgIpc) is 3.63. The van der Waals surface area contributed by atoms with Crippen LogP contribution in [0.1, 0.15) is 48.5 Å². The number of aromatic nitrogens is 2. The maximum Gasteiger partial charge on any atom is 0.240 e. The monoisotopic (exact) mass is 458 g/mol. The van der Waals surface area contributed by atoms with Crippen molar-refractivity contribution in [1.82, 2.24) is 9.97 Å². The van der Waals surface area contributed by atoms with E-state index in [2.05, 4.69) is 34.6 Å². The second-order valence-corrected chi connectivity index (χ2v) is 10.3. The van der Waals surface area contributed by atoms with E-state index < -0.39 is 10.0 Å². The molecule has 0 bridgehead atoms. The lowest BCUT2D eigenvalue weighted by Gasteiger charge is -2.20. The molecular formula is C26H26N4O2S. The van der Waals surface area contributed by atoms with Crippen LogP contribution in [-0.2, 0) is 10.0 Å². The van der Waals surface area contributed by atoms with Crippen molar-refractivity contribution in [2.24, 2.45) is 5.14 Å². The molecule has 6 nitrogen and oxygen atoms in total. The summed E-state index contributed by atoms with van der Waals surface area (Å²) in [5.74, 6) is 0.576. The van der Waals surface area contributed by atoms with Crippen LogP contribution in [0, 0.1) is 6.92 Å². The number of hydrogen-bond donors (Lipinski definition) is 2. The van der Waals surface area contributed by atoms with Crippen LogP contribution in [0.4, 0.5) is 5.69 Å². The van der Waals surface area contributed by atoms with Crippen LogP contribution in [0.2, 0.25) is 0 Å². The number of sulfonamides is 1. The Kier molecular flexibility index (Phi) is 5.38. The van der Waals surface area contributed by atoms with Gasteiger partial charge in [0.15, 0.2) is 0 Å². The van der Waals surface area contributed by atoms with Gasteiger partial charge in [-0.25, -0.2) is 13.6 Å². The molecule has 0 saturated heterocycles.